The second-order valence-corrected chi connectivity index (χ2v) is 3.36. The Morgan fingerprint density at radius 3 is 2.69 bits per heavy atom. The standard InChI is InChI=1S/C10H17N3O3/c1-4-5-13-9(11)7(6-15-2)8(12-13)10(14)16-3/h4-6,11H2,1-3H3. The van der Waals surface area contributed by atoms with E-state index < -0.39 is 5.97 Å². The number of aromatic nitrogens is 2. The van der Waals surface area contributed by atoms with Gasteiger partial charge in [-0.25, -0.2) is 9.48 Å². The van der Waals surface area contributed by atoms with Crippen LogP contribution in [0.15, 0.2) is 0 Å². The lowest BCUT2D eigenvalue weighted by Gasteiger charge is -2.02. The fraction of sp³-hybridized carbons (Fsp3) is 0.600. The number of carbonyl (C=O) groups is 1. The summed E-state index contributed by atoms with van der Waals surface area (Å²) in [5.74, 6) is -0.0299. The van der Waals surface area contributed by atoms with Crippen LogP contribution in [0, 0.1) is 0 Å². The van der Waals surface area contributed by atoms with Gasteiger partial charge in [0.05, 0.1) is 19.3 Å². The van der Waals surface area contributed by atoms with Gasteiger partial charge in [0, 0.05) is 13.7 Å². The molecule has 0 unspecified atom stereocenters. The van der Waals surface area contributed by atoms with Gasteiger partial charge in [-0.05, 0) is 6.42 Å². The molecule has 0 aromatic carbocycles. The largest absolute Gasteiger partial charge is 0.464 e. The monoisotopic (exact) mass is 227 g/mol. The molecule has 0 fully saturated rings. The summed E-state index contributed by atoms with van der Waals surface area (Å²) in [4.78, 5) is 11.5. The SMILES string of the molecule is CCCn1nc(C(=O)OC)c(COC)c1N. The molecule has 0 aliphatic heterocycles. The number of ether oxygens (including phenoxy) is 2. The third-order valence-corrected chi connectivity index (χ3v) is 2.20. The number of aryl methyl sites for hydroxylation is 1. The van der Waals surface area contributed by atoms with Crippen LogP contribution in [0.1, 0.15) is 29.4 Å². The molecule has 0 radical (unpaired) electrons. The van der Waals surface area contributed by atoms with Gasteiger partial charge < -0.3 is 15.2 Å². The fourth-order valence-corrected chi connectivity index (χ4v) is 1.44. The van der Waals surface area contributed by atoms with Crippen LogP contribution >= 0.6 is 0 Å². The lowest BCUT2D eigenvalue weighted by atomic mass is 10.2. The average molecular weight is 227 g/mol. The molecule has 0 saturated heterocycles. The Bertz CT molecular complexity index is 374. The van der Waals surface area contributed by atoms with E-state index >= 15 is 0 Å². The van der Waals surface area contributed by atoms with Crippen molar-refractivity contribution in [1.29, 1.82) is 0 Å². The quantitative estimate of drug-likeness (QED) is 0.753. The van der Waals surface area contributed by atoms with E-state index in [4.69, 9.17) is 10.5 Å². The molecule has 1 rings (SSSR count). The van der Waals surface area contributed by atoms with Gasteiger partial charge in [0.1, 0.15) is 5.82 Å². The number of carbonyl (C=O) groups excluding carboxylic acids is 1. The van der Waals surface area contributed by atoms with Crippen molar-refractivity contribution in [2.45, 2.75) is 26.5 Å². The minimum absolute atomic E-state index is 0.232. The van der Waals surface area contributed by atoms with Crippen LogP contribution in [0.2, 0.25) is 0 Å². The van der Waals surface area contributed by atoms with Crippen LogP contribution in [-0.4, -0.2) is 30.0 Å². The van der Waals surface area contributed by atoms with Crippen LogP contribution in [0.3, 0.4) is 0 Å². The molecule has 16 heavy (non-hydrogen) atoms. The number of anilines is 1. The average Bonchev–Trinajstić information content (AvgIpc) is 2.58. The normalized spacial score (nSPS) is 10.4. The number of methoxy groups -OCH3 is 2. The summed E-state index contributed by atoms with van der Waals surface area (Å²) in [6.45, 7) is 2.93. The van der Waals surface area contributed by atoms with E-state index in [0.717, 1.165) is 6.42 Å². The molecule has 90 valence electrons. The predicted octanol–water partition coefficient (Wildman–Crippen LogP) is 0.808. The van der Waals surface area contributed by atoms with Crippen molar-refractivity contribution in [2.24, 2.45) is 0 Å². The van der Waals surface area contributed by atoms with E-state index in [1.165, 1.54) is 14.2 Å². The maximum atomic E-state index is 11.5. The smallest absolute Gasteiger partial charge is 0.359 e. The minimum Gasteiger partial charge on any atom is -0.464 e. The predicted molar refractivity (Wildman–Crippen MR) is 59.0 cm³/mol. The molecule has 0 atom stereocenters. The lowest BCUT2D eigenvalue weighted by molar-refractivity contribution is 0.0588. The Morgan fingerprint density at radius 2 is 2.19 bits per heavy atom. The molecule has 6 heteroatoms. The Morgan fingerprint density at radius 1 is 1.50 bits per heavy atom. The Hall–Kier alpha value is -1.56. The van der Waals surface area contributed by atoms with E-state index in [1.54, 1.807) is 4.68 Å². The summed E-state index contributed by atoms with van der Waals surface area (Å²) in [7, 11) is 2.85. The molecular weight excluding hydrogens is 210 g/mol. The molecule has 0 aliphatic rings. The molecule has 1 heterocycles. The molecule has 0 saturated carbocycles. The van der Waals surface area contributed by atoms with Crippen molar-refractivity contribution >= 4 is 11.8 Å². The minimum atomic E-state index is -0.492. The third-order valence-electron chi connectivity index (χ3n) is 2.20. The van der Waals surface area contributed by atoms with E-state index in [2.05, 4.69) is 9.84 Å². The molecule has 0 spiro atoms. The van der Waals surface area contributed by atoms with Gasteiger partial charge in [0.2, 0.25) is 0 Å². The van der Waals surface area contributed by atoms with Gasteiger partial charge in [0.25, 0.3) is 0 Å². The summed E-state index contributed by atoms with van der Waals surface area (Å²) in [6.07, 6.45) is 0.888. The van der Waals surface area contributed by atoms with Gasteiger partial charge in [-0.2, -0.15) is 5.10 Å². The fourth-order valence-electron chi connectivity index (χ4n) is 1.44. The lowest BCUT2D eigenvalue weighted by Crippen LogP contribution is -2.07. The molecule has 6 nitrogen and oxygen atoms in total. The van der Waals surface area contributed by atoms with Crippen LogP contribution in [-0.2, 0) is 22.6 Å². The molecule has 0 bridgehead atoms. The van der Waals surface area contributed by atoms with E-state index in [0.29, 0.717) is 17.9 Å². The van der Waals surface area contributed by atoms with Crippen molar-refractivity contribution in [2.75, 3.05) is 20.0 Å². The zero-order valence-electron chi connectivity index (χ0n) is 9.82. The second-order valence-electron chi connectivity index (χ2n) is 3.36. The molecule has 2 N–H and O–H groups in total. The van der Waals surface area contributed by atoms with Crippen LogP contribution in [0.5, 0.6) is 0 Å². The topological polar surface area (TPSA) is 79.4 Å². The Balaban J connectivity index is 3.13. The highest BCUT2D eigenvalue weighted by molar-refractivity contribution is 5.90. The summed E-state index contributed by atoms with van der Waals surface area (Å²) in [5, 5.41) is 4.13. The first kappa shape index (κ1) is 12.5. The summed E-state index contributed by atoms with van der Waals surface area (Å²) in [5.41, 5.74) is 6.70. The van der Waals surface area contributed by atoms with Crippen molar-refractivity contribution in [1.82, 2.24) is 9.78 Å². The van der Waals surface area contributed by atoms with Crippen molar-refractivity contribution in [3.8, 4) is 0 Å². The van der Waals surface area contributed by atoms with Crippen LogP contribution in [0.4, 0.5) is 5.82 Å². The van der Waals surface area contributed by atoms with E-state index in [-0.39, 0.29) is 12.3 Å². The van der Waals surface area contributed by atoms with E-state index in [1.807, 2.05) is 6.92 Å². The Kier molecular flexibility index (Phi) is 4.30. The zero-order chi connectivity index (χ0) is 12.1. The van der Waals surface area contributed by atoms with Gasteiger partial charge >= 0.3 is 5.97 Å². The molecule has 1 aromatic rings. The number of nitrogens with zero attached hydrogens (tertiary/aromatic N) is 2. The number of nitrogen functional groups attached to an aromatic ring is 1. The van der Waals surface area contributed by atoms with Crippen LogP contribution < -0.4 is 5.73 Å². The highest BCUT2D eigenvalue weighted by atomic mass is 16.5. The number of hydrogen-bond acceptors (Lipinski definition) is 5. The molecule has 0 aliphatic carbocycles. The number of hydrogen-bond donors (Lipinski definition) is 1. The van der Waals surface area contributed by atoms with Gasteiger partial charge in [-0.15, -0.1) is 0 Å². The molecular formula is C10H17N3O3. The third kappa shape index (κ3) is 2.33. The first-order valence-electron chi connectivity index (χ1n) is 5.08. The molecule has 0 amide bonds. The number of nitrogens with two attached hydrogens (primary N) is 1. The second kappa shape index (κ2) is 5.50. The number of esters is 1. The van der Waals surface area contributed by atoms with E-state index in [9.17, 15) is 4.79 Å². The molecule has 1 aromatic heterocycles. The van der Waals surface area contributed by atoms with Crippen molar-refractivity contribution in [3.63, 3.8) is 0 Å². The van der Waals surface area contributed by atoms with Crippen molar-refractivity contribution < 1.29 is 14.3 Å². The first-order valence-corrected chi connectivity index (χ1v) is 5.08. The summed E-state index contributed by atoms with van der Waals surface area (Å²) in [6, 6.07) is 0. The maximum absolute atomic E-state index is 11.5. The zero-order valence-corrected chi connectivity index (χ0v) is 9.82. The van der Waals surface area contributed by atoms with Gasteiger partial charge in [-0.3, -0.25) is 0 Å². The highest BCUT2D eigenvalue weighted by Crippen LogP contribution is 2.19. The first-order chi connectivity index (χ1) is 7.65. The number of rotatable bonds is 5. The Labute approximate surface area is 94.3 Å². The van der Waals surface area contributed by atoms with Gasteiger partial charge in [-0.1, -0.05) is 6.92 Å². The summed E-state index contributed by atoms with van der Waals surface area (Å²) < 4.78 is 11.2. The van der Waals surface area contributed by atoms with Crippen molar-refractivity contribution in [3.05, 3.63) is 11.3 Å². The maximum Gasteiger partial charge on any atom is 0.359 e. The van der Waals surface area contributed by atoms with Crippen LogP contribution in [0.25, 0.3) is 0 Å². The highest BCUT2D eigenvalue weighted by Gasteiger charge is 2.21. The van der Waals surface area contributed by atoms with Gasteiger partial charge in [0.15, 0.2) is 5.69 Å². The summed E-state index contributed by atoms with van der Waals surface area (Å²) >= 11 is 0.